The van der Waals surface area contributed by atoms with Gasteiger partial charge in [0.15, 0.2) is 17.5 Å². The molecule has 9 aromatic carbocycles. The number of fused-ring (bicyclic) bond motifs is 6. The smallest absolute Gasteiger partial charge is 0.164 e. The lowest BCUT2D eigenvalue weighted by atomic mass is 9.97. The summed E-state index contributed by atoms with van der Waals surface area (Å²) >= 11 is 0. The van der Waals surface area contributed by atoms with Crippen LogP contribution in [0.5, 0.6) is 0 Å². The summed E-state index contributed by atoms with van der Waals surface area (Å²) in [6.07, 6.45) is 0. The van der Waals surface area contributed by atoms with Gasteiger partial charge in [0.05, 0.1) is 16.7 Å². The molecule has 0 unspecified atom stereocenters. The average Bonchev–Trinajstić information content (AvgIpc) is 3.90. The molecule has 12 aromatic rings. The molecule has 0 aliphatic carbocycles. The summed E-state index contributed by atoms with van der Waals surface area (Å²) in [6.45, 7) is 0. The van der Waals surface area contributed by atoms with Crippen LogP contribution in [0.15, 0.2) is 223 Å². The number of hydrogen-bond acceptors (Lipinski definition) is 4. The lowest BCUT2D eigenvalue weighted by molar-refractivity contribution is 0.669. The number of aromatic nitrogens is 4. The quantitative estimate of drug-likeness (QED) is 0.161. The number of rotatable bonds is 7. The molecule has 0 saturated heterocycles. The summed E-state index contributed by atoms with van der Waals surface area (Å²) in [7, 11) is 0. The van der Waals surface area contributed by atoms with Gasteiger partial charge in [-0.05, 0) is 64.2 Å². The molecule has 62 heavy (non-hydrogen) atoms. The highest BCUT2D eigenvalue weighted by Crippen LogP contribution is 2.43. The minimum Gasteiger partial charge on any atom is -0.456 e. The first-order valence-electron chi connectivity index (χ1n) is 20.8. The summed E-state index contributed by atoms with van der Waals surface area (Å²) in [5.74, 6) is 1.80. The molecule has 0 atom stereocenters. The maximum atomic E-state index is 6.72. The minimum absolute atomic E-state index is 0.579. The van der Waals surface area contributed by atoms with Crippen LogP contribution in [0.1, 0.15) is 0 Å². The van der Waals surface area contributed by atoms with Crippen LogP contribution in [-0.4, -0.2) is 19.5 Å². The second-order valence-corrected chi connectivity index (χ2v) is 15.6. The summed E-state index contributed by atoms with van der Waals surface area (Å²) in [5.41, 5.74) is 14.6. The van der Waals surface area contributed by atoms with Crippen LogP contribution in [0.25, 0.3) is 117 Å². The van der Waals surface area contributed by atoms with Gasteiger partial charge in [-0.3, -0.25) is 0 Å². The van der Waals surface area contributed by atoms with Crippen molar-refractivity contribution in [1.82, 2.24) is 19.5 Å². The van der Waals surface area contributed by atoms with E-state index in [2.05, 4.69) is 187 Å². The van der Waals surface area contributed by atoms with Crippen molar-refractivity contribution in [1.29, 1.82) is 0 Å². The van der Waals surface area contributed by atoms with E-state index < -0.39 is 0 Å². The van der Waals surface area contributed by atoms with E-state index in [-0.39, 0.29) is 0 Å². The van der Waals surface area contributed by atoms with Crippen LogP contribution in [-0.2, 0) is 0 Å². The largest absolute Gasteiger partial charge is 0.456 e. The van der Waals surface area contributed by atoms with Gasteiger partial charge in [0.2, 0.25) is 0 Å². The third kappa shape index (κ3) is 6.06. The molecule has 0 amide bonds. The zero-order chi connectivity index (χ0) is 41.0. The van der Waals surface area contributed by atoms with E-state index in [1.54, 1.807) is 0 Å². The maximum Gasteiger partial charge on any atom is 0.164 e. The van der Waals surface area contributed by atoms with Crippen molar-refractivity contribution in [2.75, 3.05) is 0 Å². The maximum absolute atomic E-state index is 6.72. The van der Waals surface area contributed by atoms with E-state index in [4.69, 9.17) is 19.4 Å². The molecule has 0 saturated carbocycles. The van der Waals surface area contributed by atoms with Gasteiger partial charge in [0.25, 0.3) is 0 Å². The van der Waals surface area contributed by atoms with Crippen molar-refractivity contribution in [3.05, 3.63) is 218 Å². The van der Waals surface area contributed by atoms with Gasteiger partial charge >= 0.3 is 0 Å². The predicted octanol–water partition coefficient (Wildman–Crippen LogP) is 14.9. The Morgan fingerprint density at radius 2 is 0.806 bits per heavy atom. The Morgan fingerprint density at radius 1 is 0.306 bits per heavy atom. The molecule has 5 heteroatoms. The molecule has 5 nitrogen and oxygen atoms in total. The number of para-hydroxylation sites is 2. The van der Waals surface area contributed by atoms with Crippen molar-refractivity contribution >= 4 is 43.7 Å². The highest BCUT2D eigenvalue weighted by atomic mass is 16.3. The molecule has 0 N–H and O–H groups in total. The summed E-state index contributed by atoms with van der Waals surface area (Å²) in [6, 6.07) is 76.4. The van der Waals surface area contributed by atoms with Gasteiger partial charge in [0, 0.05) is 43.8 Å². The normalized spacial score (nSPS) is 11.5. The van der Waals surface area contributed by atoms with E-state index in [1.807, 2.05) is 36.4 Å². The Labute approximate surface area is 357 Å². The van der Waals surface area contributed by atoms with Gasteiger partial charge in [-0.25, -0.2) is 15.0 Å². The molecular formula is C57H36N4O. The predicted molar refractivity (Wildman–Crippen MR) is 254 cm³/mol. The summed E-state index contributed by atoms with van der Waals surface area (Å²) in [4.78, 5) is 15.1. The third-order valence-electron chi connectivity index (χ3n) is 11.9. The Morgan fingerprint density at radius 3 is 1.55 bits per heavy atom. The second-order valence-electron chi connectivity index (χ2n) is 15.6. The van der Waals surface area contributed by atoms with Crippen LogP contribution in [0, 0.1) is 0 Å². The molecule has 0 aliphatic rings. The molecule has 290 valence electrons. The Bertz CT molecular complexity index is 3610. The van der Waals surface area contributed by atoms with Crippen LogP contribution in [0.2, 0.25) is 0 Å². The molecule has 3 aromatic heterocycles. The van der Waals surface area contributed by atoms with Crippen LogP contribution in [0.3, 0.4) is 0 Å². The molecule has 0 spiro atoms. The van der Waals surface area contributed by atoms with Crippen molar-refractivity contribution in [2.24, 2.45) is 0 Å². The standard InChI is InChI=1S/C57H36N4O/c1-4-15-37(16-5-1)39-27-29-41(30-28-39)56-58-55(40-19-8-3-9-20-40)59-57(60-56)43-32-34-48-53(36-43)62-52-26-14-23-47(54(48)52)45-22-11-13-25-50(45)61-49-24-12-10-21-44(49)46-33-31-42(35-51(46)61)38-17-6-2-7-18-38/h1-36H. The number of nitrogens with zero attached hydrogens (tertiary/aromatic N) is 4. The second kappa shape index (κ2) is 14.7. The number of benzene rings is 9. The lowest BCUT2D eigenvalue weighted by Crippen LogP contribution is -2.00. The number of hydrogen-bond donors (Lipinski definition) is 0. The molecule has 0 aliphatic heterocycles. The minimum atomic E-state index is 0.579. The van der Waals surface area contributed by atoms with Crippen LogP contribution >= 0.6 is 0 Å². The fourth-order valence-corrected chi connectivity index (χ4v) is 8.92. The van der Waals surface area contributed by atoms with Gasteiger partial charge in [-0.2, -0.15) is 0 Å². The molecule has 0 radical (unpaired) electrons. The van der Waals surface area contributed by atoms with E-state index >= 15 is 0 Å². The fraction of sp³-hybridized carbons (Fsp3) is 0. The molecular weight excluding hydrogens is 757 g/mol. The molecule has 12 rings (SSSR count). The highest BCUT2D eigenvalue weighted by molar-refractivity contribution is 6.15. The summed E-state index contributed by atoms with van der Waals surface area (Å²) in [5, 5.41) is 4.53. The zero-order valence-corrected chi connectivity index (χ0v) is 33.5. The average molecular weight is 793 g/mol. The highest BCUT2D eigenvalue weighted by Gasteiger charge is 2.21. The number of furan rings is 1. The lowest BCUT2D eigenvalue weighted by Gasteiger charge is -2.15. The summed E-state index contributed by atoms with van der Waals surface area (Å²) < 4.78 is 9.14. The topological polar surface area (TPSA) is 56.7 Å². The van der Waals surface area contributed by atoms with E-state index in [0.717, 1.165) is 77.6 Å². The Hall–Kier alpha value is -8.41. The zero-order valence-electron chi connectivity index (χ0n) is 33.5. The van der Waals surface area contributed by atoms with Gasteiger partial charge in [-0.15, -0.1) is 0 Å². The van der Waals surface area contributed by atoms with E-state index in [1.165, 1.54) is 21.9 Å². The van der Waals surface area contributed by atoms with Gasteiger partial charge in [0.1, 0.15) is 11.2 Å². The van der Waals surface area contributed by atoms with Gasteiger partial charge in [-0.1, -0.05) is 182 Å². The van der Waals surface area contributed by atoms with Crippen molar-refractivity contribution in [3.63, 3.8) is 0 Å². The van der Waals surface area contributed by atoms with Crippen LogP contribution in [0.4, 0.5) is 0 Å². The van der Waals surface area contributed by atoms with Crippen molar-refractivity contribution in [2.45, 2.75) is 0 Å². The van der Waals surface area contributed by atoms with E-state index in [9.17, 15) is 0 Å². The SMILES string of the molecule is c1ccc(-c2ccc(-c3nc(-c4ccccc4)nc(-c4ccc5c(c4)oc4cccc(-c6ccccc6-n6c7ccccc7c7ccc(-c8ccccc8)cc76)c45)n3)cc2)cc1. The Balaban J connectivity index is 0.996. The van der Waals surface area contributed by atoms with Gasteiger partial charge < -0.3 is 8.98 Å². The Kier molecular flexibility index (Phi) is 8.42. The molecule has 0 bridgehead atoms. The first-order valence-corrected chi connectivity index (χ1v) is 20.8. The third-order valence-corrected chi connectivity index (χ3v) is 11.9. The molecule has 0 fully saturated rings. The van der Waals surface area contributed by atoms with Crippen molar-refractivity contribution < 1.29 is 4.42 Å². The van der Waals surface area contributed by atoms with E-state index in [0.29, 0.717) is 17.5 Å². The van der Waals surface area contributed by atoms with Crippen molar-refractivity contribution in [3.8, 4) is 73.2 Å². The first kappa shape index (κ1) is 35.5. The first-order chi connectivity index (χ1) is 30.7. The van der Waals surface area contributed by atoms with Crippen LogP contribution < -0.4 is 0 Å². The molecule has 3 heterocycles. The monoisotopic (exact) mass is 792 g/mol. The fourth-order valence-electron chi connectivity index (χ4n) is 8.92.